The summed E-state index contributed by atoms with van der Waals surface area (Å²) in [5.41, 5.74) is 3.23. The summed E-state index contributed by atoms with van der Waals surface area (Å²) in [5, 5.41) is 12.8. The monoisotopic (exact) mass is 309 g/mol. The van der Waals surface area contributed by atoms with Crippen molar-refractivity contribution in [2.24, 2.45) is 0 Å². The van der Waals surface area contributed by atoms with Gasteiger partial charge in [0.1, 0.15) is 0 Å². The van der Waals surface area contributed by atoms with Crippen molar-refractivity contribution in [3.8, 4) is 0 Å². The molecule has 0 aliphatic heterocycles. The summed E-state index contributed by atoms with van der Waals surface area (Å²) in [6.45, 7) is 3.93. The first kappa shape index (κ1) is 15.2. The third kappa shape index (κ3) is 3.40. The predicted molar refractivity (Wildman–Crippen MR) is 89.0 cm³/mol. The number of H-pyrrole nitrogens is 1. The molecular formula is C18H19N3O2. The third-order valence-corrected chi connectivity index (χ3v) is 3.80. The van der Waals surface area contributed by atoms with Gasteiger partial charge >= 0.3 is 0 Å². The Balaban J connectivity index is 1.66. The topological polar surface area (TPSA) is 78.0 Å². The number of hydrogen-bond donors (Lipinski definition) is 3. The van der Waals surface area contributed by atoms with Crippen molar-refractivity contribution in [3.63, 3.8) is 0 Å². The van der Waals surface area contributed by atoms with Crippen molar-refractivity contribution in [3.05, 3.63) is 65.5 Å². The fraction of sp³-hybridized carbons (Fsp3) is 0.222. The smallest absolute Gasteiger partial charge is 0.251 e. The maximum Gasteiger partial charge on any atom is 0.251 e. The van der Waals surface area contributed by atoms with Crippen LogP contribution in [0.15, 0.2) is 48.8 Å². The van der Waals surface area contributed by atoms with Crippen LogP contribution in [0.2, 0.25) is 0 Å². The van der Waals surface area contributed by atoms with E-state index in [0.29, 0.717) is 12.1 Å². The van der Waals surface area contributed by atoms with E-state index in [1.165, 1.54) is 0 Å². The molecule has 0 unspecified atom stereocenters. The molecule has 3 rings (SSSR count). The van der Waals surface area contributed by atoms with Crippen LogP contribution in [0.1, 0.15) is 35.3 Å². The number of carbonyl (C=O) groups is 1. The highest BCUT2D eigenvalue weighted by atomic mass is 16.3. The van der Waals surface area contributed by atoms with E-state index >= 15 is 0 Å². The van der Waals surface area contributed by atoms with Crippen molar-refractivity contribution in [1.29, 1.82) is 0 Å². The number of aromatic amines is 1. The summed E-state index contributed by atoms with van der Waals surface area (Å²) in [6.07, 6.45) is 1.61. The first-order chi connectivity index (χ1) is 10.9. The van der Waals surface area contributed by atoms with Crippen molar-refractivity contribution in [1.82, 2.24) is 15.3 Å². The molecule has 0 spiro atoms. The van der Waals surface area contributed by atoms with Gasteiger partial charge in [-0.25, -0.2) is 4.98 Å². The molecule has 23 heavy (non-hydrogen) atoms. The summed E-state index contributed by atoms with van der Waals surface area (Å²) in [4.78, 5) is 19.4. The lowest BCUT2D eigenvalue weighted by Crippen LogP contribution is -2.23. The molecule has 1 aromatic heterocycles. The van der Waals surface area contributed by atoms with Crippen molar-refractivity contribution in [2.75, 3.05) is 0 Å². The Morgan fingerprint density at radius 3 is 2.65 bits per heavy atom. The van der Waals surface area contributed by atoms with E-state index in [4.69, 9.17) is 0 Å². The first-order valence-corrected chi connectivity index (χ1v) is 7.46. The molecule has 0 aliphatic rings. The minimum Gasteiger partial charge on any atom is -0.386 e. The van der Waals surface area contributed by atoms with Gasteiger partial charge in [-0.05, 0) is 43.2 Å². The molecule has 0 bridgehead atoms. The van der Waals surface area contributed by atoms with E-state index in [1.54, 1.807) is 32.3 Å². The van der Waals surface area contributed by atoms with Crippen LogP contribution < -0.4 is 5.32 Å². The Bertz CT molecular complexity index is 829. The minimum absolute atomic E-state index is 0.131. The van der Waals surface area contributed by atoms with Crippen LogP contribution in [0.5, 0.6) is 0 Å². The molecule has 2 aromatic carbocycles. The number of rotatable bonds is 4. The number of aliphatic hydroxyl groups is 1. The van der Waals surface area contributed by atoms with E-state index in [0.717, 1.165) is 22.2 Å². The van der Waals surface area contributed by atoms with Gasteiger partial charge in [0.05, 0.1) is 23.0 Å². The van der Waals surface area contributed by atoms with Gasteiger partial charge in [0.2, 0.25) is 0 Å². The lowest BCUT2D eigenvalue weighted by molar-refractivity contribution is 0.0785. The summed E-state index contributed by atoms with van der Waals surface area (Å²) in [5.74, 6) is -0.131. The van der Waals surface area contributed by atoms with E-state index < -0.39 is 5.60 Å². The summed E-state index contributed by atoms with van der Waals surface area (Å²) in [7, 11) is 0. The number of imidazole rings is 1. The Morgan fingerprint density at radius 2 is 1.96 bits per heavy atom. The number of fused-ring (bicyclic) bond motifs is 1. The third-order valence-electron chi connectivity index (χ3n) is 3.80. The van der Waals surface area contributed by atoms with Gasteiger partial charge in [0.25, 0.3) is 5.91 Å². The molecule has 1 amide bonds. The highest BCUT2D eigenvalue weighted by Crippen LogP contribution is 2.19. The Labute approximate surface area is 134 Å². The van der Waals surface area contributed by atoms with Gasteiger partial charge < -0.3 is 15.4 Å². The normalized spacial score (nSPS) is 11.6. The molecule has 3 N–H and O–H groups in total. The molecule has 0 atom stereocenters. The van der Waals surface area contributed by atoms with Crippen molar-refractivity contribution < 1.29 is 9.90 Å². The summed E-state index contributed by atoms with van der Waals surface area (Å²) < 4.78 is 0. The number of carbonyl (C=O) groups excluding carboxylic acids is 1. The zero-order chi connectivity index (χ0) is 16.4. The minimum atomic E-state index is -0.860. The summed E-state index contributed by atoms with van der Waals surface area (Å²) in [6, 6.07) is 12.9. The van der Waals surface area contributed by atoms with E-state index in [-0.39, 0.29) is 5.91 Å². The Hall–Kier alpha value is -2.66. The number of nitrogens with one attached hydrogen (secondary N) is 2. The zero-order valence-corrected chi connectivity index (χ0v) is 13.1. The van der Waals surface area contributed by atoms with Crippen LogP contribution in [0, 0.1) is 0 Å². The average Bonchev–Trinajstić information content (AvgIpc) is 2.99. The maximum absolute atomic E-state index is 12.2. The molecule has 0 radical (unpaired) electrons. The Morgan fingerprint density at radius 1 is 1.22 bits per heavy atom. The fourth-order valence-corrected chi connectivity index (χ4v) is 2.39. The molecule has 0 fully saturated rings. The van der Waals surface area contributed by atoms with Crippen LogP contribution in [0.3, 0.4) is 0 Å². The first-order valence-electron chi connectivity index (χ1n) is 7.46. The Kier molecular flexibility index (Phi) is 3.88. The van der Waals surface area contributed by atoms with Crippen molar-refractivity contribution in [2.45, 2.75) is 26.0 Å². The van der Waals surface area contributed by atoms with Crippen molar-refractivity contribution >= 4 is 16.9 Å². The molecule has 118 valence electrons. The van der Waals surface area contributed by atoms with Gasteiger partial charge in [-0.3, -0.25) is 4.79 Å². The van der Waals surface area contributed by atoms with Crippen LogP contribution >= 0.6 is 0 Å². The van der Waals surface area contributed by atoms with Gasteiger partial charge in [0, 0.05) is 12.1 Å². The van der Waals surface area contributed by atoms with Gasteiger partial charge in [-0.2, -0.15) is 0 Å². The van der Waals surface area contributed by atoms with Gasteiger partial charge in [-0.1, -0.05) is 24.3 Å². The molecule has 5 heteroatoms. The quantitative estimate of drug-likeness (QED) is 0.693. The molecule has 0 saturated carbocycles. The highest BCUT2D eigenvalue weighted by molar-refractivity contribution is 5.97. The second kappa shape index (κ2) is 5.85. The average molecular weight is 309 g/mol. The second-order valence-corrected chi connectivity index (χ2v) is 6.07. The molecular weight excluding hydrogens is 290 g/mol. The standard InChI is InChI=1S/C18H19N3O2/c1-18(2,23)14-6-3-12(4-7-14)10-19-17(22)13-5-8-15-16(9-13)21-11-20-15/h3-9,11,23H,10H2,1-2H3,(H,19,22)(H,20,21). The van der Waals surface area contributed by atoms with Crippen LogP contribution in [-0.2, 0) is 12.1 Å². The van der Waals surface area contributed by atoms with Gasteiger partial charge in [-0.15, -0.1) is 0 Å². The van der Waals surface area contributed by atoms with Crippen LogP contribution in [0.25, 0.3) is 11.0 Å². The largest absolute Gasteiger partial charge is 0.386 e. The molecule has 1 heterocycles. The maximum atomic E-state index is 12.2. The predicted octanol–water partition coefficient (Wildman–Crippen LogP) is 2.72. The zero-order valence-electron chi connectivity index (χ0n) is 13.1. The van der Waals surface area contributed by atoms with E-state index in [1.807, 2.05) is 30.3 Å². The SMILES string of the molecule is CC(C)(O)c1ccc(CNC(=O)c2ccc3nc[nH]c3c2)cc1. The number of benzene rings is 2. The molecule has 0 saturated heterocycles. The fourth-order valence-electron chi connectivity index (χ4n) is 2.39. The highest BCUT2D eigenvalue weighted by Gasteiger charge is 2.15. The molecule has 5 nitrogen and oxygen atoms in total. The lowest BCUT2D eigenvalue weighted by atomic mass is 9.97. The van der Waals surface area contributed by atoms with Crippen LogP contribution in [0.4, 0.5) is 0 Å². The summed E-state index contributed by atoms with van der Waals surface area (Å²) >= 11 is 0. The number of hydrogen-bond acceptors (Lipinski definition) is 3. The molecule has 3 aromatic rings. The second-order valence-electron chi connectivity index (χ2n) is 6.07. The number of aromatic nitrogens is 2. The number of amides is 1. The lowest BCUT2D eigenvalue weighted by Gasteiger charge is -2.18. The van der Waals surface area contributed by atoms with E-state index in [9.17, 15) is 9.90 Å². The van der Waals surface area contributed by atoms with Gasteiger partial charge in [0.15, 0.2) is 0 Å². The number of nitrogens with zero attached hydrogens (tertiary/aromatic N) is 1. The van der Waals surface area contributed by atoms with Crippen LogP contribution in [-0.4, -0.2) is 21.0 Å². The van der Waals surface area contributed by atoms with E-state index in [2.05, 4.69) is 15.3 Å². The molecule has 0 aliphatic carbocycles.